The van der Waals surface area contributed by atoms with Crippen molar-refractivity contribution in [2.75, 3.05) is 20.8 Å². The number of rotatable bonds is 1. The Labute approximate surface area is 47.3 Å². The summed E-state index contributed by atoms with van der Waals surface area (Å²) in [5.74, 6) is 0. The minimum Gasteiger partial charge on any atom is -0.318 e. The molecule has 0 rings (SSSR count). The largest absolute Gasteiger partial charge is 0.318 e. The Morgan fingerprint density at radius 1 is 1.29 bits per heavy atom. The molecule has 0 bridgehead atoms. The van der Waals surface area contributed by atoms with Gasteiger partial charge >= 0.3 is 0 Å². The molecular formula is C5H18N2. The van der Waals surface area contributed by atoms with Crippen LogP contribution in [-0.2, 0) is 0 Å². The van der Waals surface area contributed by atoms with Gasteiger partial charge in [0.1, 0.15) is 0 Å². The Hall–Kier alpha value is -0.0800. The van der Waals surface area contributed by atoms with E-state index in [2.05, 4.69) is 0 Å². The lowest BCUT2D eigenvalue weighted by molar-refractivity contribution is 0.423. The molecule has 2 nitrogen and oxygen atoms in total. The van der Waals surface area contributed by atoms with Gasteiger partial charge in [0, 0.05) is 6.67 Å². The fourth-order valence-corrected chi connectivity index (χ4v) is 0. The molecule has 0 fully saturated rings. The molecule has 0 aromatic rings. The van der Waals surface area contributed by atoms with E-state index in [1.165, 1.54) is 0 Å². The van der Waals surface area contributed by atoms with Gasteiger partial charge in [-0.3, -0.25) is 4.90 Å². The number of nitrogens with zero attached hydrogens (tertiary/aromatic N) is 1. The molecule has 0 radical (unpaired) electrons. The summed E-state index contributed by atoms with van der Waals surface area (Å²) in [4.78, 5) is 1.90. The second-order valence-electron chi connectivity index (χ2n) is 1.26. The average Bonchev–Trinajstić information content (AvgIpc) is 1.38. The lowest BCUT2D eigenvalue weighted by Crippen LogP contribution is -2.20. The van der Waals surface area contributed by atoms with Crippen molar-refractivity contribution in [3.05, 3.63) is 0 Å². The first-order valence-electron chi connectivity index (χ1n) is 1.62. The van der Waals surface area contributed by atoms with E-state index in [9.17, 15) is 0 Å². The Morgan fingerprint density at radius 3 is 1.43 bits per heavy atom. The summed E-state index contributed by atoms with van der Waals surface area (Å²) in [5, 5.41) is 0. The minimum atomic E-state index is 0. The van der Waals surface area contributed by atoms with Crippen LogP contribution in [0.2, 0.25) is 0 Å². The van der Waals surface area contributed by atoms with Crippen LogP contribution in [-0.4, -0.2) is 25.7 Å². The van der Waals surface area contributed by atoms with Crippen LogP contribution < -0.4 is 5.73 Å². The summed E-state index contributed by atoms with van der Waals surface area (Å²) in [6, 6.07) is 0. The van der Waals surface area contributed by atoms with Crippen molar-refractivity contribution in [3.8, 4) is 0 Å². The van der Waals surface area contributed by atoms with Crippen LogP contribution in [0.3, 0.4) is 0 Å². The van der Waals surface area contributed by atoms with E-state index in [-0.39, 0.29) is 14.9 Å². The first kappa shape index (κ1) is 15.8. The number of hydrogen-bond acceptors (Lipinski definition) is 2. The quantitative estimate of drug-likeness (QED) is 0.499. The van der Waals surface area contributed by atoms with Crippen molar-refractivity contribution in [2.24, 2.45) is 5.73 Å². The maximum atomic E-state index is 5.10. The highest BCUT2D eigenvalue weighted by Gasteiger charge is 1.71. The first-order valence-corrected chi connectivity index (χ1v) is 1.62. The summed E-state index contributed by atoms with van der Waals surface area (Å²) in [6.07, 6.45) is 0. The van der Waals surface area contributed by atoms with E-state index in [0.29, 0.717) is 6.67 Å². The molecule has 0 aliphatic rings. The lowest BCUT2D eigenvalue weighted by atomic mass is 10.9. The van der Waals surface area contributed by atoms with E-state index >= 15 is 0 Å². The maximum absolute atomic E-state index is 5.10. The molecule has 0 saturated heterocycles. The van der Waals surface area contributed by atoms with E-state index in [0.717, 1.165) is 0 Å². The van der Waals surface area contributed by atoms with Gasteiger partial charge in [-0.25, -0.2) is 0 Å². The molecule has 0 spiro atoms. The topological polar surface area (TPSA) is 29.3 Å². The van der Waals surface area contributed by atoms with Gasteiger partial charge in [0.2, 0.25) is 0 Å². The second-order valence-corrected chi connectivity index (χ2v) is 1.26. The van der Waals surface area contributed by atoms with Gasteiger partial charge < -0.3 is 5.73 Å². The van der Waals surface area contributed by atoms with Crippen LogP contribution in [0.1, 0.15) is 14.9 Å². The third-order valence-corrected chi connectivity index (χ3v) is 0.365. The van der Waals surface area contributed by atoms with Crippen LogP contribution in [0.15, 0.2) is 0 Å². The zero-order chi connectivity index (χ0) is 4.28. The number of nitrogens with two attached hydrogens (primary N) is 1. The lowest BCUT2D eigenvalue weighted by Gasteiger charge is -2.00. The maximum Gasteiger partial charge on any atom is 0.0449 e. The van der Waals surface area contributed by atoms with Gasteiger partial charge in [-0.15, -0.1) is 0 Å². The predicted octanol–water partition coefficient (Wildman–Crippen LogP) is 0.736. The summed E-state index contributed by atoms with van der Waals surface area (Å²) < 4.78 is 0. The molecule has 0 saturated carbocycles. The van der Waals surface area contributed by atoms with Crippen molar-refractivity contribution in [3.63, 3.8) is 0 Å². The number of hydrogen-bond donors (Lipinski definition) is 1. The molecule has 0 atom stereocenters. The zero-order valence-corrected chi connectivity index (χ0v) is 3.73. The fourth-order valence-electron chi connectivity index (χ4n) is 0. The van der Waals surface area contributed by atoms with Gasteiger partial charge in [-0.05, 0) is 14.1 Å². The van der Waals surface area contributed by atoms with Gasteiger partial charge in [0.25, 0.3) is 0 Å². The highest BCUT2D eigenvalue weighted by Crippen LogP contribution is 1.55. The van der Waals surface area contributed by atoms with Crippen LogP contribution in [0, 0.1) is 0 Å². The molecule has 0 unspecified atom stereocenters. The molecular weight excluding hydrogens is 88.1 g/mol. The standard InChI is InChI=1S/C3H10N2.2CH4/c1-5(2)3-4;;/h3-4H2,1-2H3;2*1H4. The van der Waals surface area contributed by atoms with Crippen LogP contribution in [0.25, 0.3) is 0 Å². The normalized spacial score (nSPS) is 6.86. The highest BCUT2D eigenvalue weighted by atomic mass is 15.1. The van der Waals surface area contributed by atoms with E-state index < -0.39 is 0 Å². The molecule has 0 amide bonds. The smallest absolute Gasteiger partial charge is 0.0449 e. The van der Waals surface area contributed by atoms with E-state index in [4.69, 9.17) is 5.73 Å². The predicted molar refractivity (Wildman–Crippen MR) is 36.2 cm³/mol. The average molecular weight is 106 g/mol. The van der Waals surface area contributed by atoms with Gasteiger partial charge in [0.05, 0.1) is 0 Å². The van der Waals surface area contributed by atoms with E-state index in [1.54, 1.807) is 0 Å². The Balaban J connectivity index is -0.0000000800. The van der Waals surface area contributed by atoms with Crippen molar-refractivity contribution in [1.29, 1.82) is 0 Å². The Kier molecular flexibility index (Phi) is 21.0. The molecule has 2 heteroatoms. The van der Waals surface area contributed by atoms with Crippen molar-refractivity contribution >= 4 is 0 Å². The third-order valence-electron chi connectivity index (χ3n) is 0.365. The minimum absolute atomic E-state index is 0. The second kappa shape index (κ2) is 9.33. The summed E-state index contributed by atoms with van der Waals surface area (Å²) in [7, 11) is 3.86. The van der Waals surface area contributed by atoms with Crippen molar-refractivity contribution in [2.45, 2.75) is 14.9 Å². The van der Waals surface area contributed by atoms with Gasteiger partial charge in [0.15, 0.2) is 0 Å². The van der Waals surface area contributed by atoms with Crippen molar-refractivity contribution in [1.82, 2.24) is 4.90 Å². The SMILES string of the molecule is C.C.CN(C)CN. The summed E-state index contributed by atoms with van der Waals surface area (Å²) in [5.41, 5.74) is 5.10. The molecule has 48 valence electrons. The molecule has 0 aliphatic heterocycles. The Bertz CT molecular complexity index is 20.0. The molecule has 7 heavy (non-hydrogen) atoms. The highest BCUT2D eigenvalue weighted by molar-refractivity contribution is 4.23. The van der Waals surface area contributed by atoms with Crippen LogP contribution >= 0.6 is 0 Å². The molecule has 0 aromatic carbocycles. The van der Waals surface area contributed by atoms with Crippen LogP contribution in [0.5, 0.6) is 0 Å². The Morgan fingerprint density at radius 2 is 1.43 bits per heavy atom. The summed E-state index contributed by atoms with van der Waals surface area (Å²) in [6.45, 7) is 0.639. The molecule has 2 N–H and O–H groups in total. The van der Waals surface area contributed by atoms with Crippen LogP contribution in [0.4, 0.5) is 0 Å². The van der Waals surface area contributed by atoms with Crippen molar-refractivity contribution < 1.29 is 0 Å². The molecule has 0 aromatic heterocycles. The third kappa shape index (κ3) is 24.7. The zero-order valence-electron chi connectivity index (χ0n) is 3.73. The van der Waals surface area contributed by atoms with Gasteiger partial charge in [-0.1, -0.05) is 14.9 Å². The fraction of sp³-hybridized carbons (Fsp3) is 1.00. The molecule has 0 heterocycles. The first-order chi connectivity index (χ1) is 2.27. The summed E-state index contributed by atoms with van der Waals surface area (Å²) >= 11 is 0. The van der Waals surface area contributed by atoms with Gasteiger partial charge in [-0.2, -0.15) is 0 Å². The monoisotopic (exact) mass is 106 g/mol. The van der Waals surface area contributed by atoms with E-state index in [1.807, 2.05) is 19.0 Å². The molecule has 0 aliphatic carbocycles.